The summed E-state index contributed by atoms with van der Waals surface area (Å²) in [6.45, 7) is 0. The van der Waals surface area contributed by atoms with E-state index in [0.29, 0.717) is 0 Å². The maximum atomic E-state index is 9.01. The Bertz CT molecular complexity index is 265. The first-order valence-corrected chi connectivity index (χ1v) is 2.77. The highest BCUT2D eigenvalue weighted by Crippen LogP contribution is 2.11. The van der Waals surface area contributed by atoms with Crippen LogP contribution in [0.5, 0.6) is 0 Å². The summed E-state index contributed by atoms with van der Waals surface area (Å²) in [5.41, 5.74) is -0.0706. The van der Waals surface area contributed by atoms with Crippen molar-refractivity contribution in [1.29, 1.82) is 5.41 Å². The lowest BCUT2D eigenvalue weighted by molar-refractivity contribution is 0.375. The number of nitrogens with zero attached hydrogens (tertiary/aromatic N) is 1. The minimum atomic E-state index is -0.439. The quantitative estimate of drug-likeness (QED) is 0.387. The van der Waals surface area contributed by atoms with Gasteiger partial charge in [-0.1, -0.05) is 0 Å². The second kappa shape index (κ2) is 2.87. The first-order valence-electron chi connectivity index (χ1n) is 2.77. The van der Waals surface area contributed by atoms with Crippen molar-refractivity contribution in [2.75, 3.05) is 0 Å². The molecule has 5 heteroatoms. The molecule has 1 aliphatic rings. The van der Waals surface area contributed by atoms with Crippen molar-refractivity contribution < 1.29 is 14.9 Å². The van der Waals surface area contributed by atoms with Gasteiger partial charge in [-0.25, -0.2) is 0 Å². The second-order valence-corrected chi connectivity index (χ2v) is 1.76. The molecule has 1 aliphatic heterocycles. The van der Waals surface area contributed by atoms with Crippen LogP contribution < -0.4 is 0 Å². The smallest absolute Gasteiger partial charge is 0.226 e. The van der Waals surface area contributed by atoms with Gasteiger partial charge < -0.3 is 20.4 Å². The molecule has 0 radical (unpaired) electrons. The number of hydrogen-bond donors (Lipinski definition) is 3. The summed E-state index contributed by atoms with van der Waals surface area (Å²) in [6, 6.07) is 0. The van der Waals surface area contributed by atoms with Gasteiger partial charge in [-0.05, 0) is 0 Å². The Morgan fingerprint density at radius 3 is 2.91 bits per heavy atom. The maximum absolute atomic E-state index is 9.01. The van der Waals surface area contributed by atoms with Crippen LogP contribution in [0.1, 0.15) is 0 Å². The molecule has 3 N–H and O–H groups in total. The molecule has 11 heavy (non-hydrogen) atoms. The molecule has 0 spiro atoms. The fourth-order valence-corrected chi connectivity index (χ4v) is 0.561. The van der Waals surface area contributed by atoms with Crippen molar-refractivity contribution in [1.82, 2.24) is 0 Å². The Morgan fingerprint density at radius 1 is 1.55 bits per heavy atom. The summed E-state index contributed by atoms with van der Waals surface area (Å²) in [5.74, 6) is -0.763. The predicted octanol–water partition coefficient (Wildman–Crippen LogP) is 0.863. The first kappa shape index (κ1) is 7.33. The summed E-state index contributed by atoms with van der Waals surface area (Å²) in [5, 5.41) is 24.8. The number of aliphatic imine (C=N–C) groups is 1. The van der Waals surface area contributed by atoms with Gasteiger partial charge in [0.1, 0.15) is 6.26 Å². The van der Waals surface area contributed by atoms with Crippen molar-refractivity contribution in [2.24, 2.45) is 4.99 Å². The molecule has 5 nitrogen and oxygen atoms in total. The molecular weight excluding hydrogens is 149 g/mol. The van der Waals surface area contributed by atoms with Gasteiger partial charge in [-0.3, -0.25) is 0 Å². The van der Waals surface area contributed by atoms with Gasteiger partial charge in [-0.2, -0.15) is 4.99 Å². The zero-order valence-corrected chi connectivity index (χ0v) is 5.48. The first-order chi connectivity index (χ1) is 5.25. The monoisotopic (exact) mass is 155 g/mol. The third kappa shape index (κ3) is 1.37. The van der Waals surface area contributed by atoms with Crippen molar-refractivity contribution in [3.63, 3.8) is 0 Å². The normalized spacial score (nSPS) is 16.9. The topological polar surface area (TPSA) is 85.9 Å². The summed E-state index contributed by atoms with van der Waals surface area (Å²) >= 11 is 0. The molecule has 0 aromatic carbocycles. The van der Waals surface area contributed by atoms with Crippen LogP contribution >= 0.6 is 0 Å². The summed E-state index contributed by atoms with van der Waals surface area (Å²) in [4.78, 5) is 3.35. The second-order valence-electron chi connectivity index (χ2n) is 1.76. The molecule has 58 valence electrons. The maximum Gasteiger partial charge on any atom is 0.226 e. The minimum Gasteiger partial charge on any atom is -0.504 e. The Labute approximate surface area is 62.5 Å². The molecule has 0 atom stereocenters. The van der Waals surface area contributed by atoms with E-state index in [-0.39, 0.29) is 11.3 Å². The summed E-state index contributed by atoms with van der Waals surface area (Å²) in [6.07, 6.45) is 2.72. The largest absolute Gasteiger partial charge is 0.504 e. The molecule has 0 bridgehead atoms. The van der Waals surface area contributed by atoms with Crippen LogP contribution in [0, 0.1) is 5.41 Å². The minimum absolute atomic E-state index is 0.0706. The number of aliphatic hydroxyl groups is 2. The highest BCUT2D eigenvalue weighted by Gasteiger charge is 2.09. The molecule has 0 fully saturated rings. The molecule has 0 aromatic heterocycles. The number of allylic oxidation sites excluding steroid dienone is 1. The third-order valence-corrected chi connectivity index (χ3v) is 1.08. The fourth-order valence-electron chi connectivity index (χ4n) is 0.561. The lowest BCUT2D eigenvalue weighted by Crippen LogP contribution is -1.93. The zero-order valence-electron chi connectivity index (χ0n) is 5.48. The predicted molar refractivity (Wildman–Crippen MR) is 38.7 cm³/mol. The Hall–Kier alpha value is -1.78. The fraction of sp³-hybridized carbons (Fsp3) is 0. The van der Waals surface area contributed by atoms with E-state index in [9.17, 15) is 0 Å². The van der Waals surface area contributed by atoms with Gasteiger partial charge in [-0.15, -0.1) is 0 Å². The Balaban J connectivity index is 3.11. The van der Waals surface area contributed by atoms with E-state index in [0.717, 1.165) is 18.9 Å². The molecule has 0 aromatic rings. The van der Waals surface area contributed by atoms with Crippen molar-refractivity contribution in [2.45, 2.75) is 0 Å². The molecule has 0 aliphatic carbocycles. The standard InChI is InChI=1S/C6H6N2O3/c7-1-4-5(9)2-11-3-8-6(4)10/h1-3,7,9-10H/i3+1. The van der Waals surface area contributed by atoms with E-state index in [1.54, 1.807) is 0 Å². The highest BCUT2D eigenvalue weighted by atomic mass is 16.5. The van der Waals surface area contributed by atoms with Crippen LogP contribution in [0.25, 0.3) is 0 Å². The van der Waals surface area contributed by atoms with E-state index in [4.69, 9.17) is 15.6 Å². The number of ether oxygens (including phenoxy) is 1. The third-order valence-electron chi connectivity index (χ3n) is 1.08. The SMILES string of the molecule is N=CC1=C(O)N=[13CH]OC=C1O. The molecule has 0 saturated heterocycles. The lowest BCUT2D eigenvalue weighted by atomic mass is 10.2. The molecule has 1 rings (SSSR count). The Kier molecular flexibility index (Phi) is 1.91. The average Bonchev–Trinajstić information content (AvgIpc) is 2.12. The van der Waals surface area contributed by atoms with Gasteiger partial charge >= 0.3 is 0 Å². The van der Waals surface area contributed by atoms with E-state index in [1.165, 1.54) is 0 Å². The number of aliphatic hydroxyl groups excluding tert-OH is 2. The van der Waals surface area contributed by atoms with Crippen LogP contribution in [0.3, 0.4) is 0 Å². The summed E-state index contributed by atoms with van der Waals surface area (Å²) < 4.78 is 4.50. The van der Waals surface area contributed by atoms with Gasteiger partial charge in [0, 0.05) is 6.21 Å². The van der Waals surface area contributed by atoms with E-state index in [1.807, 2.05) is 0 Å². The van der Waals surface area contributed by atoms with Gasteiger partial charge in [0.2, 0.25) is 5.88 Å². The van der Waals surface area contributed by atoms with Crippen LogP contribution in [0.2, 0.25) is 0 Å². The Morgan fingerprint density at radius 2 is 2.27 bits per heavy atom. The van der Waals surface area contributed by atoms with Crippen molar-refractivity contribution >= 4 is 12.6 Å². The van der Waals surface area contributed by atoms with Crippen molar-refractivity contribution in [3.8, 4) is 0 Å². The van der Waals surface area contributed by atoms with Crippen molar-refractivity contribution in [3.05, 3.63) is 23.5 Å². The molecular formula is C6H6N2O3. The lowest BCUT2D eigenvalue weighted by Gasteiger charge is -1.95. The molecule has 0 saturated carbocycles. The zero-order chi connectivity index (χ0) is 8.27. The van der Waals surface area contributed by atoms with E-state index >= 15 is 0 Å². The number of rotatable bonds is 1. The average molecular weight is 155 g/mol. The number of hydrogen-bond acceptors (Lipinski definition) is 5. The summed E-state index contributed by atoms with van der Waals surface area (Å²) in [7, 11) is 0. The molecule has 0 amide bonds. The van der Waals surface area contributed by atoms with E-state index < -0.39 is 5.88 Å². The van der Waals surface area contributed by atoms with Gasteiger partial charge in [0.15, 0.2) is 12.2 Å². The molecule has 1 heterocycles. The van der Waals surface area contributed by atoms with E-state index in [2.05, 4.69) is 9.73 Å². The van der Waals surface area contributed by atoms with Crippen LogP contribution in [-0.4, -0.2) is 22.8 Å². The number of nitrogens with one attached hydrogen (secondary N) is 1. The van der Waals surface area contributed by atoms with Crippen LogP contribution in [-0.2, 0) is 4.74 Å². The highest BCUT2D eigenvalue weighted by molar-refractivity contribution is 5.82. The molecule has 0 unspecified atom stereocenters. The van der Waals surface area contributed by atoms with Gasteiger partial charge in [0.05, 0.1) is 5.57 Å². The van der Waals surface area contributed by atoms with Crippen LogP contribution in [0.15, 0.2) is 28.5 Å². The van der Waals surface area contributed by atoms with Crippen LogP contribution in [0.4, 0.5) is 0 Å². The van der Waals surface area contributed by atoms with Gasteiger partial charge in [0.25, 0.3) is 0 Å².